The Morgan fingerprint density at radius 3 is 2.15 bits per heavy atom. The average Bonchev–Trinajstić information content (AvgIpc) is 3.80. The SMILES string of the molecule is C1=Cc2ccc3c(-c4ccc5oc6cccc(-c7nc(-c8ccccc8)nc(-c8ccc9c(c8)oc8ccccc89)n7)c6c5c4)ccc4c3c2C(=CC4)C1. The number of hydrogen-bond acceptors (Lipinski definition) is 5. The Labute approximate surface area is 309 Å². The van der Waals surface area contributed by atoms with Gasteiger partial charge in [-0.2, -0.15) is 0 Å². The molecule has 0 atom stereocenters. The van der Waals surface area contributed by atoms with Crippen molar-refractivity contribution in [3.05, 3.63) is 162 Å². The lowest BCUT2D eigenvalue weighted by Gasteiger charge is -2.24. The minimum absolute atomic E-state index is 0.575. The van der Waals surface area contributed by atoms with Crippen LogP contribution in [0.4, 0.5) is 0 Å². The van der Waals surface area contributed by atoms with E-state index < -0.39 is 0 Å². The molecule has 0 bridgehead atoms. The van der Waals surface area contributed by atoms with Gasteiger partial charge in [0.15, 0.2) is 17.5 Å². The van der Waals surface area contributed by atoms with Crippen molar-refractivity contribution < 1.29 is 8.83 Å². The number of furan rings is 2. The van der Waals surface area contributed by atoms with Gasteiger partial charge < -0.3 is 8.83 Å². The molecule has 5 nitrogen and oxygen atoms in total. The van der Waals surface area contributed by atoms with E-state index in [9.17, 15) is 0 Å². The van der Waals surface area contributed by atoms with Crippen molar-refractivity contribution in [1.82, 2.24) is 15.0 Å². The topological polar surface area (TPSA) is 65.0 Å². The largest absolute Gasteiger partial charge is 0.456 e. The van der Waals surface area contributed by atoms with Crippen LogP contribution in [0, 0.1) is 0 Å². The number of nitrogens with zero attached hydrogens (tertiary/aromatic N) is 3. The van der Waals surface area contributed by atoms with Gasteiger partial charge in [0.25, 0.3) is 0 Å². The summed E-state index contributed by atoms with van der Waals surface area (Å²) in [4.78, 5) is 15.3. The summed E-state index contributed by atoms with van der Waals surface area (Å²) < 4.78 is 12.8. The first-order valence-electron chi connectivity index (χ1n) is 18.4. The van der Waals surface area contributed by atoms with Crippen LogP contribution in [0.25, 0.3) is 112 Å². The molecular formula is C49H29N3O2. The molecule has 0 radical (unpaired) electrons. The second kappa shape index (κ2) is 11.2. The van der Waals surface area contributed by atoms with E-state index >= 15 is 0 Å². The number of allylic oxidation sites excluding steroid dienone is 3. The van der Waals surface area contributed by atoms with Gasteiger partial charge in [-0.25, -0.2) is 15.0 Å². The van der Waals surface area contributed by atoms with Gasteiger partial charge in [0.1, 0.15) is 22.3 Å². The molecule has 5 heteroatoms. The Kier molecular flexibility index (Phi) is 6.11. The van der Waals surface area contributed by atoms with Crippen LogP contribution in [-0.2, 0) is 6.42 Å². The zero-order chi connectivity index (χ0) is 35.3. The summed E-state index contributed by atoms with van der Waals surface area (Å²) in [7, 11) is 0. The molecule has 0 saturated carbocycles. The predicted molar refractivity (Wildman–Crippen MR) is 219 cm³/mol. The normalized spacial score (nSPS) is 13.4. The van der Waals surface area contributed by atoms with E-state index in [2.05, 4.69) is 85.0 Å². The fourth-order valence-corrected chi connectivity index (χ4v) is 8.66. The van der Waals surface area contributed by atoms with Crippen molar-refractivity contribution in [3.8, 4) is 45.3 Å². The molecule has 0 amide bonds. The lowest BCUT2D eigenvalue weighted by Crippen LogP contribution is -2.03. The van der Waals surface area contributed by atoms with Crippen molar-refractivity contribution >= 4 is 66.3 Å². The monoisotopic (exact) mass is 691 g/mol. The van der Waals surface area contributed by atoms with Crippen molar-refractivity contribution in [2.24, 2.45) is 0 Å². The maximum atomic E-state index is 6.52. The van der Waals surface area contributed by atoms with Crippen LogP contribution in [0.2, 0.25) is 0 Å². The Balaban J connectivity index is 1.06. The maximum absolute atomic E-state index is 6.52. The molecule has 54 heavy (non-hydrogen) atoms. The minimum atomic E-state index is 0.575. The zero-order valence-electron chi connectivity index (χ0n) is 29.0. The van der Waals surface area contributed by atoms with Crippen LogP contribution < -0.4 is 0 Å². The number of para-hydroxylation sites is 1. The third kappa shape index (κ3) is 4.36. The van der Waals surface area contributed by atoms with Gasteiger partial charge in [0, 0.05) is 38.2 Å². The number of fused-ring (bicyclic) bond motifs is 6. The smallest absolute Gasteiger partial charge is 0.164 e. The highest BCUT2D eigenvalue weighted by atomic mass is 16.3. The summed E-state index contributed by atoms with van der Waals surface area (Å²) in [5.41, 5.74) is 13.8. The molecule has 3 aromatic heterocycles. The third-order valence-electron chi connectivity index (χ3n) is 11.2. The van der Waals surface area contributed by atoms with Gasteiger partial charge in [0.2, 0.25) is 0 Å². The van der Waals surface area contributed by atoms with E-state index in [0.29, 0.717) is 17.5 Å². The molecule has 12 rings (SSSR count). The molecule has 0 N–H and O–H groups in total. The van der Waals surface area contributed by atoms with Gasteiger partial charge in [0.05, 0.1) is 0 Å². The molecule has 252 valence electrons. The molecule has 2 aliphatic rings. The fourth-order valence-electron chi connectivity index (χ4n) is 8.66. The average molecular weight is 692 g/mol. The van der Waals surface area contributed by atoms with Gasteiger partial charge in [-0.3, -0.25) is 0 Å². The summed E-state index contributed by atoms with van der Waals surface area (Å²) in [5.74, 6) is 1.76. The lowest BCUT2D eigenvalue weighted by molar-refractivity contribution is 0.668. The van der Waals surface area contributed by atoms with E-state index in [4.69, 9.17) is 23.8 Å². The second-order valence-corrected chi connectivity index (χ2v) is 14.2. The van der Waals surface area contributed by atoms with Crippen LogP contribution in [0.3, 0.4) is 0 Å². The van der Waals surface area contributed by atoms with Gasteiger partial charge in [-0.15, -0.1) is 0 Å². The summed E-state index contributed by atoms with van der Waals surface area (Å²) in [5, 5.41) is 6.82. The second-order valence-electron chi connectivity index (χ2n) is 14.2. The van der Waals surface area contributed by atoms with Crippen LogP contribution >= 0.6 is 0 Å². The van der Waals surface area contributed by atoms with E-state index in [0.717, 1.165) is 79.0 Å². The molecule has 0 spiro atoms. The Bertz CT molecular complexity index is 3270. The van der Waals surface area contributed by atoms with Gasteiger partial charge in [-0.1, -0.05) is 115 Å². The van der Waals surface area contributed by atoms with Crippen molar-refractivity contribution in [2.45, 2.75) is 12.8 Å². The standard InChI is InChI=1S/C49H29N3O2/c1-2-8-31(9-3-1)47-50-48(33-20-23-36-35-12-4-5-14-40(35)54-43(36)27-33)52-49(51-47)38-13-7-15-42-46(38)39-26-32(21-25-41(39)53-42)34-22-18-30-17-16-28-10-6-11-29-19-24-37(34)45(30)44(28)29/h1-9,11-16,18-27H,10,17H2. The lowest BCUT2D eigenvalue weighted by atomic mass is 9.80. The maximum Gasteiger partial charge on any atom is 0.164 e. The molecule has 0 saturated heterocycles. The Morgan fingerprint density at radius 2 is 1.20 bits per heavy atom. The molecule has 10 aromatic rings. The number of aromatic nitrogens is 3. The van der Waals surface area contributed by atoms with E-state index in [1.807, 2.05) is 66.7 Å². The molecular weight excluding hydrogens is 663 g/mol. The van der Waals surface area contributed by atoms with Crippen LogP contribution in [0.1, 0.15) is 23.1 Å². The first-order valence-corrected chi connectivity index (χ1v) is 18.4. The van der Waals surface area contributed by atoms with Crippen molar-refractivity contribution in [1.29, 1.82) is 0 Å². The molecule has 0 aliphatic heterocycles. The first-order chi connectivity index (χ1) is 26.7. The van der Waals surface area contributed by atoms with Crippen molar-refractivity contribution in [3.63, 3.8) is 0 Å². The van der Waals surface area contributed by atoms with Crippen LogP contribution in [-0.4, -0.2) is 15.0 Å². The number of rotatable bonds is 4. The predicted octanol–water partition coefficient (Wildman–Crippen LogP) is 12.8. The first kappa shape index (κ1) is 29.5. The van der Waals surface area contributed by atoms with Crippen LogP contribution in [0.15, 0.2) is 154 Å². The molecule has 2 aliphatic carbocycles. The van der Waals surface area contributed by atoms with Crippen molar-refractivity contribution in [2.75, 3.05) is 0 Å². The summed E-state index contributed by atoms with van der Waals surface area (Å²) in [6.07, 6.45) is 8.91. The number of benzene rings is 7. The molecule has 3 heterocycles. The molecule has 7 aromatic carbocycles. The van der Waals surface area contributed by atoms with Crippen LogP contribution in [0.5, 0.6) is 0 Å². The highest BCUT2D eigenvalue weighted by Gasteiger charge is 2.23. The Morgan fingerprint density at radius 1 is 0.444 bits per heavy atom. The van der Waals surface area contributed by atoms with Gasteiger partial charge in [-0.05, 0) is 93.4 Å². The van der Waals surface area contributed by atoms with E-state index in [-0.39, 0.29) is 0 Å². The summed E-state index contributed by atoms with van der Waals surface area (Å²) in [6, 6.07) is 46.3. The quantitative estimate of drug-likeness (QED) is 0.184. The molecule has 0 unspecified atom stereocenters. The fraction of sp³-hybridized carbons (Fsp3) is 0.0408. The highest BCUT2D eigenvalue weighted by Crippen LogP contribution is 2.45. The van der Waals surface area contributed by atoms with E-state index in [1.165, 1.54) is 38.6 Å². The summed E-state index contributed by atoms with van der Waals surface area (Å²) >= 11 is 0. The Hall–Kier alpha value is -7.11. The number of hydrogen-bond donors (Lipinski definition) is 0. The van der Waals surface area contributed by atoms with E-state index in [1.54, 1.807) is 0 Å². The molecule has 0 fully saturated rings. The highest BCUT2D eigenvalue weighted by molar-refractivity contribution is 6.14. The zero-order valence-corrected chi connectivity index (χ0v) is 29.0. The summed E-state index contributed by atoms with van der Waals surface area (Å²) in [6.45, 7) is 0. The van der Waals surface area contributed by atoms with Gasteiger partial charge >= 0.3 is 0 Å². The minimum Gasteiger partial charge on any atom is -0.456 e. The third-order valence-corrected chi connectivity index (χ3v) is 11.2.